The number of nitrogens with zero attached hydrogens (tertiary/aromatic N) is 2. The Balaban J connectivity index is 0.00000420. The maximum Gasteiger partial charge on any atom is 0.193 e. The molecule has 0 radical (unpaired) electrons. The standard InChI is InChI=1S/C21H28FN3O3.HI/c1-23-21(24-12-15-6-9-19(22)17(10-15)14-26-3)25(2)13-16-7-8-18(27-4)11-20(16)28-5;/h6-11H,12-14H2,1-5H3,(H,23,24);1H. The summed E-state index contributed by atoms with van der Waals surface area (Å²) < 4.78 is 29.5. The Bertz CT molecular complexity index is 818. The molecule has 2 aromatic rings. The molecule has 0 aromatic heterocycles. The first kappa shape index (κ1) is 25.0. The van der Waals surface area contributed by atoms with Crippen LogP contribution in [-0.4, -0.2) is 46.3 Å². The monoisotopic (exact) mass is 517 g/mol. The average molecular weight is 517 g/mol. The van der Waals surface area contributed by atoms with Gasteiger partial charge < -0.3 is 24.4 Å². The summed E-state index contributed by atoms with van der Waals surface area (Å²) >= 11 is 0. The van der Waals surface area contributed by atoms with E-state index in [1.54, 1.807) is 40.5 Å². The van der Waals surface area contributed by atoms with Crippen molar-refractivity contribution in [2.75, 3.05) is 35.4 Å². The van der Waals surface area contributed by atoms with Crippen LogP contribution in [0.15, 0.2) is 41.4 Å². The van der Waals surface area contributed by atoms with Crippen molar-refractivity contribution >= 4 is 29.9 Å². The number of hydrogen-bond donors (Lipinski definition) is 1. The van der Waals surface area contributed by atoms with Gasteiger partial charge in [-0.25, -0.2) is 4.39 Å². The second-order valence-corrected chi connectivity index (χ2v) is 6.29. The Labute approximate surface area is 189 Å². The van der Waals surface area contributed by atoms with Crippen LogP contribution in [0.2, 0.25) is 0 Å². The molecule has 0 unspecified atom stereocenters. The highest BCUT2D eigenvalue weighted by molar-refractivity contribution is 14.0. The van der Waals surface area contributed by atoms with Gasteiger partial charge in [0.25, 0.3) is 0 Å². The summed E-state index contributed by atoms with van der Waals surface area (Å²) in [5.74, 6) is 1.95. The Morgan fingerprint density at radius 2 is 1.83 bits per heavy atom. The zero-order chi connectivity index (χ0) is 20.5. The molecule has 0 amide bonds. The van der Waals surface area contributed by atoms with Gasteiger partial charge in [-0.2, -0.15) is 0 Å². The summed E-state index contributed by atoms with van der Waals surface area (Å²) in [6.07, 6.45) is 0. The Morgan fingerprint density at radius 1 is 1.07 bits per heavy atom. The fraction of sp³-hybridized carbons (Fsp3) is 0.381. The van der Waals surface area contributed by atoms with Gasteiger partial charge in [-0.05, 0) is 29.8 Å². The highest BCUT2D eigenvalue weighted by atomic mass is 127. The van der Waals surface area contributed by atoms with Crippen LogP contribution in [-0.2, 0) is 24.4 Å². The Morgan fingerprint density at radius 3 is 2.45 bits per heavy atom. The number of nitrogens with one attached hydrogen (secondary N) is 1. The zero-order valence-corrected chi connectivity index (χ0v) is 19.8. The van der Waals surface area contributed by atoms with Crippen molar-refractivity contribution in [3.63, 3.8) is 0 Å². The summed E-state index contributed by atoms with van der Waals surface area (Å²) in [5.41, 5.74) is 2.50. The number of rotatable bonds is 8. The smallest absolute Gasteiger partial charge is 0.193 e. The minimum atomic E-state index is -0.265. The lowest BCUT2D eigenvalue weighted by Crippen LogP contribution is -2.38. The number of guanidine groups is 1. The Kier molecular flexibility index (Phi) is 10.7. The van der Waals surface area contributed by atoms with Crippen LogP contribution >= 0.6 is 24.0 Å². The van der Waals surface area contributed by atoms with Crippen molar-refractivity contribution in [1.29, 1.82) is 0 Å². The molecule has 0 spiro atoms. The van der Waals surface area contributed by atoms with Crippen molar-refractivity contribution in [2.45, 2.75) is 19.7 Å². The van der Waals surface area contributed by atoms with Crippen molar-refractivity contribution in [2.24, 2.45) is 4.99 Å². The fourth-order valence-corrected chi connectivity index (χ4v) is 2.88. The van der Waals surface area contributed by atoms with Crippen molar-refractivity contribution in [3.8, 4) is 11.5 Å². The summed E-state index contributed by atoms with van der Waals surface area (Å²) in [5, 5.41) is 3.30. The molecule has 8 heteroatoms. The van der Waals surface area contributed by atoms with E-state index in [0.29, 0.717) is 18.7 Å². The third kappa shape index (κ3) is 7.04. The van der Waals surface area contributed by atoms with E-state index < -0.39 is 0 Å². The van der Waals surface area contributed by atoms with Crippen molar-refractivity contribution in [1.82, 2.24) is 10.2 Å². The number of aliphatic imine (C=N–C) groups is 1. The predicted molar refractivity (Wildman–Crippen MR) is 124 cm³/mol. The molecular weight excluding hydrogens is 488 g/mol. The molecular formula is C21H29FIN3O3. The first-order valence-electron chi connectivity index (χ1n) is 8.91. The van der Waals surface area contributed by atoms with Gasteiger partial charge in [0.1, 0.15) is 17.3 Å². The van der Waals surface area contributed by atoms with E-state index in [1.807, 2.05) is 30.1 Å². The molecule has 1 N–H and O–H groups in total. The van der Waals surface area contributed by atoms with Gasteiger partial charge in [-0.3, -0.25) is 4.99 Å². The van der Waals surface area contributed by atoms with Gasteiger partial charge in [-0.1, -0.05) is 6.07 Å². The van der Waals surface area contributed by atoms with Gasteiger partial charge in [0.2, 0.25) is 0 Å². The second kappa shape index (κ2) is 12.5. The minimum absolute atomic E-state index is 0. The van der Waals surface area contributed by atoms with Crippen LogP contribution in [0.3, 0.4) is 0 Å². The first-order chi connectivity index (χ1) is 13.5. The number of halogens is 2. The molecule has 29 heavy (non-hydrogen) atoms. The van der Waals surface area contributed by atoms with Gasteiger partial charge in [0.05, 0.1) is 20.8 Å². The summed E-state index contributed by atoms with van der Waals surface area (Å²) in [6.45, 7) is 1.37. The third-order valence-corrected chi connectivity index (χ3v) is 4.34. The molecule has 0 saturated heterocycles. The molecule has 2 rings (SSSR count). The van der Waals surface area contributed by atoms with E-state index in [4.69, 9.17) is 14.2 Å². The molecule has 160 valence electrons. The topological polar surface area (TPSA) is 55.3 Å². The number of ether oxygens (including phenoxy) is 3. The molecule has 0 aliphatic heterocycles. The summed E-state index contributed by atoms with van der Waals surface area (Å²) in [6, 6.07) is 10.7. The largest absolute Gasteiger partial charge is 0.497 e. The van der Waals surface area contributed by atoms with E-state index in [0.717, 1.165) is 28.6 Å². The summed E-state index contributed by atoms with van der Waals surface area (Å²) in [7, 11) is 8.48. The van der Waals surface area contributed by atoms with Crippen LogP contribution in [0, 0.1) is 5.82 Å². The lowest BCUT2D eigenvalue weighted by Gasteiger charge is -2.23. The van der Waals surface area contributed by atoms with Crippen LogP contribution in [0.4, 0.5) is 4.39 Å². The molecule has 0 saturated carbocycles. The van der Waals surface area contributed by atoms with Gasteiger partial charge in [0.15, 0.2) is 5.96 Å². The third-order valence-electron chi connectivity index (χ3n) is 4.34. The molecule has 0 aliphatic carbocycles. The number of benzene rings is 2. The predicted octanol–water partition coefficient (Wildman–Crippen LogP) is 3.81. The van der Waals surface area contributed by atoms with Crippen molar-refractivity contribution in [3.05, 3.63) is 58.9 Å². The molecule has 0 heterocycles. The molecule has 0 aliphatic rings. The lowest BCUT2D eigenvalue weighted by molar-refractivity contribution is 0.181. The maximum absolute atomic E-state index is 13.8. The van der Waals surface area contributed by atoms with Crippen LogP contribution in [0.5, 0.6) is 11.5 Å². The number of hydrogen-bond acceptors (Lipinski definition) is 4. The maximum atomic E-state index is 13.8. The van der Waals surface area contributed by atoms with Crippen molar-refractivity contribution < 1.29 is 18.6 Å². The van der Waals surface area contributed by atoms with Crippen LogP contribution in [0.25, 0.3) is 0 Å². The molecule has 0 atom stereocenters. The normalized spacial score (nSPS) is 10.9. The summed E-state index contributed by atoms with van der Waals surface area (Å²) in [4.78, 5) is 6.32. The van der Waals surface area contributed by atoms with Gasteiger partial charge in [0, 0.05) is 51.5 Å². The van der Waals surface area contributed by atoms with E-state index in [2.05, 4.69) is 10.3 Å². The Hall–Kier alpha value is -2.07. The SMILES string of the molecule is CN=C(NCc1ccc(F)c(COC)c1)N(C)Cc1ccc(OC)cc1OC.I. The van der Waals surface area contributed by atoms with E-state index in [1.165, 1.54) is 6.07 Å². The molecule has 2 aromatic carbocycles. The quantitative estimate of drug-likeness (QED) is 0.328. The second-order valence-electron chi connectivity index (χ2n) is 6.29. The lowest BCUT2D eigenvalue weighted by atomic mass is 10.1. The number of methoxy groups -OCH3 is 3. The van der Waals surface area contributed by atoms with E-state index >= 15 is 0 Å². The highest BCUT2D eigenvalue weighted by Gasteiger charge is 2.12. The van der Waals surface area contributed by atoms with E-state index in [9.17, 15) is 4.39 Å². The zero-order valence-electron chi connectivity index (χ0n) is 17.5. The molecule has 6 nitrogen and oxygen atoms in total. The van der Waals surface area contributed by atoms with Gasteiger partial charge >= 0.3 is 0 Å². The van der Waals surface area contributed by atoms with Crippen LogP contribution < -0.4 is 14.8 Å². The molecule has 0 bridgehead atoms. The average Bonchev–Trinajstić information content (AvgIpc) is 2.71. The van der Waals surface area contributed by atoms with Gasteiger partial charge in [-0.15, -0.1) is 24.0 Å². The fourth-order valence-electron chi connectivity index (χ4n) is 2.88. The van der Waals surface area contributed by atoms with Crippen LogP contribution in [0.1, 0.15) is 16.7 Å². The van der Waals surface area contributed by atoms with E-state index in [-0.39, 0.29) is 36.4 Å². The highest BCUT2D eigenvalue weighted by Crippen LogP contribution is 2.25. The molecule has 0 fully saturated rings. The minimum Gasteiger partial charge on any atom is -0.497 e. The first-order valence-corrected chi connectivity index (χ1v) is 8.91.